The average molecular weight is 394 g/mol. The molecular formula is C19H26N2O5S. The van der Waals surface area contributed by atoms with E-state index in [0.29, 0.717) is 24.6 Å². The van der Waals surface area contributed by atoms with E-state index in [1.807, 2.05) is 13.8 Å². The quantitative estimate of drug-likeness (QED) is 0.738. The molecule has 2 rings (SSSR count). The van der Waals surface area contributed by atoms with E-state index in [1.165, 1.54) is 16.4 Å². The van der Waals surface area contributed by atoms with Crippen LogP contribution < -0.4 is 10.1 Å². The zero-order valence-electron chi connectivity index (χ0n) is 16.3. The van der Waals surface area contributed by atoms with Crippen LogP contribution in [0.5, 0.6) is 5.75 Å². The summed E-state index contributed by atoms with van der Waals surface area (Å²) in [6, 6.07) is 7.70. The molecule has 7 nitrogen and oxygen atoms in total. The van der Waals surface area contributed by atoms with E-state index in [9.17, 15) is 13.2 Å². The SMILES string of the molecule is CCN(CC)S(=O)(=O)c1ccc(OC(C)C)c(NC(=O)c2ccc(C)o2)c1. The van der Waals surface area contributed by atoms with E-state index in [4.69, 9.17) is 9.15 Å². The summed E-state index contributed by atoms with van der Waals surface area (Å²) in [6.45, 7) is 9.71. The number of sulfonamides is 1. The van der Waals surface area contributed by atoms with Gasteiger partial charge < -0.3 is 14.5 Å². The van der Waals surface area contributed by atoms with Crippen molar-refractivity contribution in [1.82, 2.24) is 4.31 Å². The van der Waals surface area contributed by atoms with Crippen molar-refractivity contribution in [2.24, 2.45) is 0 Å². The topological polar surface area (TPSA) is 88.9 Å². The van der Waals surface area contributed by atoms with E-state index in [1.54, 1.807) is 39.0 Å². The van der Waals surface area contributed by atoms with Gasteiger partial charge in [-0.25, -0.2) is 8.42 Å². The summed E-state index contributed by atoms with van der Waals surface area (Å²) < 4.78 is 38.0. The van der Waals surface area contributed by atoms with Crippen molar-refractivity contribution < 1.29 is 22.4 Å². The second-order valence-electron chi connectivity index (χ2n) is 6.28. The van der Waals surface area contributed by atoms with Crippen LogP contribution in [0.4, 0.5) is 5.69 Å². The number of carbonyl (C=O) groups is 1. The lowest BCUT2D eigenvalue weighted by atomic mass is 10.2. The van der Waals surface area contributed by atoms with Crippen molar-refractivity contribution in [3.63, 3.8) is 0 Å². The number of benzene rings is 1. The number of hydrogen-bond donors (Lipinski definition) is 1. The summed E-state index contributed by atoms with van der Waals surface area (Å²) in [5.41, 5.74) is 0.274. The largest absolute Gasteiger partial charge is 0.489 e. The molecule has 2 aromatic rings. The number of anilines is 1. The summed E-state index contributed by atoms with van der Waals surface area (Å²) in [5.74, 6) is 0.658. The van der Waals surface area contributed by atoms with Crippen LogP contribution in [0.25, 0.3) is 0 Å². The molecule has 1 amide bonds. The molecule has 148 valence electrons. The minimum atomic E-state index is -3.66. The highest BCUT2D eigenvalue weighted by Crippen LogP contribution is 2.30. The molecule has 8 heteroatoms. The number of nitrogens with zero attached hydrogens (tertiary/aromatic N) is 1. The van der Waals surface area contributed by atoms with Gasteiger partial charge in [0.2, 0.25) is 10.0 Å². The van der Waals surface area contributed by atoms with E-state index in [2.05, 4.69) is 5.32 Å². The fourth-order valence-electron chi connectivity index (χ4n) is 2.58. The van der Waals surface area contributed by atoms with Crippen molar-refractivity contribution >= 4 is 21.6 Å². The first-order valence-corrected chi connectivity index (χ1v) is 10.3. The van der Waals surface area contributed by atoms with Gasteiger partial charge in [0, 0.05) is 13.1 Å². The van der Waals surface area contributed by atoms with Gasteiger partial charge in [0.25, 0.3) is 5.91 Å². The molecular weight excluding hydrogens is 368 g/mol. The Bertz CT molecular complexity index is 899. The second kappa shape index (κ2) is 8.58. The third-order valence-electron chi connectivity index (χ3n) is 3.87. The van der Waals surface area contributed by atoms with Gasteiger partial charge in [-0.05, 0) is 51.1 Å². The summed E-state index contributed by atoms with van der Waals surface area (Å²) in [7, 11) is -3.66. The fraction of sp³-hybridized carbons (Fsp3) is 0.421. The highest BCUT2D eigenvalue weighted by molar-refractivity contribution is 7.89. The number of rotatable bonds is 8. The highest BCUT2D eigenvalue weighted by Gasteiger charge is 2.24. The summed E-state index contributed by atoms with van der Waals surface area (Å²) >= 11 is 0. The number of aryl methyl sites for hydroxylation is 1. The Hall–Kier alpha value is -2.32. The molecule has 0 unspecified atom stereocenters. The van der Waals surface area contributed by atoms with Crippen molar-refractivity contribution in [2.45, 2.75) is 45.6 Å². The average Bonchev–Trinajstić information content (AvgIpc) is 3.03. The van der Waals surface area contributed by atoms with Gasteiger partial charge in [0.15, 0.2) is 5.76 Å². The first-order chi connectivity index (χ1) is 12.7. The van der Waals surface area contributed by atoms with E-state index in [0.717, 1.165) is 0 Å². The standard InChI is InChI=1S/C19H26N2O5S/c1-6-21(7-2)27(23,24)15-9-11-17(25-13(3)4)16(12-15)20-19(22)18-10-8-14(5)26-18/h8-13H,6-7H2,1-5H3,(H,20,22). The molecule has 0 atom stereocenters. The number of amides is 1. The monoisotopic (exact) mass is 394 g/mol. The number of hydrogen-bond acceptors (Lipinski definition) is 5. The Labute approximate surface area is 160 Å². The normalized spacial score (nSPS) is 11.8. The van der Waals surface area contributed by atoms with Crippen LogP contribution in [0.15, 0.2) is 39.6 Å². The number of furan rings is 1. The van der Waals surface area contributed by atoms with Crippen molar-refractivity contribution in [3.8, 4) is 5.75 Å². The molecule has 1 heterocycles. The molecule has 0 saturated carbocycles. The molecule has 27 heavy (non-hydrogen) atoms. The highest BCUT2D eigenvalue weighted by atomic mass is 32.2. The molecule has 0 saturated heterocycles. The van der Waals surface area contributed by atoms with E-state index < -0.39 is 15.9 Å². The maximum absolute atomic E-state index is 12.8. The molecule has 1 aromatic carbocycles. The van der Waals surface area contributed by atoms with Crippen molar-refractivity contribution in [3.05, 3.63) is 41.9 Å². The summed E-state index contributed by atoms with van der Waals surface area (Å²) in [4.78, 5) is 12.5. The van der Waals surface area contributed by atoms with Crippen LogP contribution in [-0.4, -0.2) is 37.8 Å². The van der Waals surface area contributed by atoms with Crippen LogP contribution in [0, 0.1) is 6.92 Å². The second-order valence-corrected chi connectivity index (χ2v) is 8.22. The maximum atomic E-state index is 12.8. The Morgan fingerprint density at radius 2 is 1.85 bits per heavy atom. The first kappa shape index (κ1) is 21.0. The van der Waals surface area contributed by atoms with Gasteiger partial charge in [-0.1, -0.05) is 13.8 Å². The van der Waals surface area contributed by atoms with Crippen LogP contribution >= 0.6 is 0 Å². The number of ether oxygens (including phenoxy) is 1. The van der Waals surface area contributed by atoms with Crippen molar-refractivity contribution in [2.75, 3.05) is 18.4 Å². The predicted octanol–water partition coefficient (Wildman–Crippen LogP) is 3.66. The lowest BCUT2D eigenvalue weighted by molar-refractivity contribution is 0.0994. The Balaban J connectivity index is 2.44. The molecule has 0 aliphatic carbocycles. The molecule has 1 N–H and O–H groups in total. The minimum absolute atomic E-state index is 0.0910. The van der Waals surface area contributed by atoms with Gasteiger partial charge in [-0.2, -0.15) is 4.31 Å². The molecule has 0 bridgehead atoms. The molecule has 0 fully saturated rings. The number of carbonyl (C=O) groups excluding carboxylic acids is 1. The summed E-state index contributed by atoms with van der Waals surface area (Å²) in [5, 5.41) is 2.69. The predicted molar refractivity (Wildman–Crippen MR) is 104 cm³/mol. The molecule has 0 spiro atoms. The lowest BCUT2D eigenvalue weighted by Crippen LogP contribution is -2.30. The summed E-state index contributed by atoms with van der Waals surface area (Å²) in [6.07, 6.45) is -0.142. The van der Waals surface area contributed by atoms with Gasteiger partial charge in [-0.3, -0.25) is 4.79 Å². The van der Waals surface area contributed by atoms with E-state index >= 15 is 0 Å². The zero-order chi connectivity index (χ0) is 20.2. The Morgan fingerprint density at radius 3 is 2.37 bits per heavy atom. The van der Waals surface area contributed by atoms with Gasteiger partial charge in [0.05, 0.1) is 16.7 Å². The smallest absolute Gasteiger partial charge is 0.291 e. The number of nitrogens with one attached hydrogen (secondary N) is 1. The van der Waals surface area contributed by atoms with Crippen LogP contribution in [0.2, 0.25) is 0 Å². The Kier molecular flexibility index (Phi) is 6.67. The maximum Gasteiger partial charge on any atom is 0.291 e. The minimum Gasteiger partial charge on any atom is -0.489 e. The molecule has 0 radical (unpaired) electrons. The van der Waals surface area contributed by atoms with Crippen LogP contribution in [0.3, 0.4) is 0 Å². The third kappa shape index (κ3) is 4.90. The van der Waals surface area contributed by atoms with Crippen molar-refractivity contribution in [1.29, 1.82) is 0 Å². The molecule has 0 aliphatic rings. The Morgan fingerprint density at radius 1 is 1.19 bits per heavy atom. The molecule has 0 aliphatic heterocycles. The van der Waals surface area contributed by atoms with Gasteiger partial charge in [0.1, 0.15) is 11.5 Å². The molecule has 1 aromatic heterocycles. The fourth-order valence-corrected chi connectivity index (χ4v) is 4.06. The zero-order valence-corrected chi connectivity index (χ0v) is 17.1. The van der Waals surface area contributed by atoms with Gasteiger partial charge >= 0.3 is 0 Å². The van der Waals surface area contributed by atoms with Gasteiger partial charge in [-0.15, -0.1) is 0 Å². The third-order valence-corrected chi connectivity index (χ3v) is 5.92. The van der Waals surface area contributed by atoms with Crippen LogP contribution in [0.1, 0.15) is 44.0 Å². The lowest BCUT2D eigenvalue weighted by Gasteiger charge is -2.20. The van der Waals surface area contributed by atoms with Crippen LogP contribution in [-0.2, 0) is 10.0 Å². The van der Waals surface area contributed by atoms with E-state index in [-0.39, 0.29) is 22.4 Å². The first-order valence-electron chi connectivity index (χ1n) is 8.87.